The molecule has 0 aromatic heterocycles. The first-order valence-electron chi connectivity index (χ1n) is 9.72. The molecule has 2 aliphatic heterocycles. The molecular weight excluding hydrogens is 485 g/mol. The molecule has 170 valence electrons. The van der Waals surface area contributed by atoms with Crippen LogP contribution in [0.2, 0.25) is 5.02 Å². The van der Waals surface area contributed by atoms with Crippen molar-refractivity contribution in [1.82, 2.24) is 0 Å². The Hall–Kier alpha value is -2.04. The molecule has 2 heterocycles. The summed E-state index contributed by atoms with van der Waals surface area (Å²) in [4.78, 5) is 18.1. The molecule has 2 atom stereocenters. The maximum absolute atomic E-state index is 13.4. The highest BCUT2D eigenvalue weighted by atomic mass is 35.5. The van der Waals surface area contributed by atoms with Gasteiger partial charge in [0.25, 0.3) is 0 Å². The summed E-state index contributed by atoms with van der Waals surface area (Å²) in [5.41, 5.74) is 0.0432. The average Bonchev–Trinajstić information content (AvgIpc) is 3.17. The van der Waals surface area contributed by atoms with E-state index in [1.54, 1.807) is 0 Å². The standard InChI is InChI=1S/C21H18ClF3N2O3S2/c22-16-8-7-14(10-15(16)21(23,24)25)27-17-11-32(29,30)12-18(17)31-20(27)26-19(28)9-6-13-4-2-1-3-5-13/h1-5,7-8,10,17-18H,6,9,11-12H2/t17-,18-/m0/s1. The van der Waals surface area contributed by atoms with Gasteiger partial charge in [0.2, 0.25) is 5.91 Å². The molecule has 0 aliphatic carbocycles. The lowest BCUT2D eigenvalue weighted by molar-refractivity contribution is -0.137. The second kappa shape index (κ2) is 8.72. The molecule has 0 unspecified atom stereocenters. The van der Waals surface area contributed by atoms with Crippen molar-refractivity contribution in [3.8, 4) is 0 Å². The van der Waals surface area contributed by atoms with Crippen LogP contribution in [0.5, 0.6) is 0 Å². The van der Waals surface area contributed by atoms with E-state index in [2.05, 4.69) is 4.99 Å². The van der Waals surface area contributed by atoms with Crippen molar-refractivity contribution in [3.05, 3.63) is 64.7 Å². The summed E-state index contributed by atoms with van der Waals surface area (Å²) in [6.45, 7) is 0. The highest BCUT2D eigenvalue weighted by Crippen LogP contribution is 2.43. The molecule has 11 heteroatoms. The van der Waals surface area contributed by atoms with Crippen LogP contribution in [-0.2, 0) is 27.2 Å². The molecule has 0 saturated carbocycles. The summed E-state index contributed by atoms with van der Waals surface area (Å²) in [6.07, 6.45) is -4.07. The van der Waals surface area contributed by atoms with Gasteiger partial charge in [0.1, 0.15) is 0 Å². The molecular formula is C21H18ClF3N2O3S2. The molecule has 2 fully saturated rings. The minimum absolute atomic E-state index is 0.105. The summed E-state index contributed by atoms with van der Waals surface area (Å²) < 4.78 is 64.4. The number of hydrogen-bond donors (Lipinski definition) is 0. The van der Waals surface area contributed by atoms with E-state index >= 15 is 0 Å². The third-order valence-corrected chi connectivity index (χ3v) is 8.83. The van der Waals surface area contributed by atoms with Crippen molar-refractivity contribution >= 4 is 50.0 Å². The molecule has 2 aromatic rings. The smallest absolute Gasteiger partial charge is 0.316 e. The maximum Gasteiger partial charge on any atom is 0.417 e. The lowest BCUT2D eigenvalue weighted by Crippen LogP contribution is -2.37. The number of halogens is 4. The quantitative estimate of drug-likeness (QED) is 0.611. The highest BCUT2D eigenvalue weighted by Gasteiger charge is 2.49. The van der Waals surface area contributed by atoms with Crippen LogP contribution >= 0.6 is 23.4 Å². The van der Waals surface area contributed by atoms with Gasteiger partial charge in [-0.1, -0.05) is 53.7 Å². The first-order chi connectivity index (χ1) is 15.0. The molecule has 4 rings (SSSR count). The Morgan fingerprint density at radius 3 is 2.56 bits per heavy atom. The van der Waals surface area contributed by atoms with Crippen LogP contribution in [0.4, 0.5) is 18.9 Å². The van der Waals surface area contributed by atoms with Gasteiger partial charge in [-0.15, -0.1) is 0 Å². The lowest BCUT2D eigenvalue weighted by Gasteiger charge is -2.25. The van der Waals surface area contributed by atoms with E-state index in [0.29, 0.717) is 6.42 Å². The van der Waals surface area contributed by atoms with E-state index in [1.165, 1.54) is 11.0 Å². The molecule has 2 aliphatic rings. The van der Waals surface area contributed by atoms with E-state index < -0.39 is 43.8 Å². The zero-order chi connectivity index (χ0) is 23.1. The van der Waals surface area contributed by atoms with E-state index in [4.69, 9.17) is 11.6 Å². The van der Waals surface area contributed by atoms with Crippen LogP contribution in [0.15, 0.2) is 53.5 Å². The Labute approximate surface area is 192 Å². The summed E-state index contributed by atoms with van der Waals surface area (Å²) in [5, 5.41) is -0.657. The third kappa shape index (κ3) is 4.97. The first-order valence-corrected chi connectivity index (χ1v) is 12.8. The van der Waals surface area contributed by atoms with E-state index in [-0.39, 0.29) is 28.8 Å². The van der Waals surface area contributed by atoms with Crippen LogP contribution in [0.3, 0.4) is 0 Å². The Balaban J connectivity index is 1.65. The Bertz CT molecular complexity index is 1170. The SMILES string of the molecule is O=C(CCc1ccccc1)N=C1S[C@H]2CS(=O)(=O)C[C@@H]2N1c1ccc(Cl)c(C(F)(F)F)c1. The van der Waals surface area contributed by atoms with Crippen molar-refractivity contribution < 1.29 is 26.4 Å². The number of benzene rings is 2. The number of thioether (sulfide) groups is 1. The molecule has 0 spiro atoms. The van der Waals surface area contributed by atoms with Crippen molar-refractivity contribution in [2.24, 2.45) is 4.99 Å². The topological polar surface area (TPSA) is 66.8 Å². The first kappa shape index (κ1) is 23.1. The van der Waals surface area contributed by atoms with Gasteiger partial charge < -0.3 is 4.90 Å². The number of nitrogens with zero attached hydrogens (tertiary/aromatic N) is 2. The Morgan fingerprint density at radius 1 is 1.16 bits per heavy atom. The number of anilines is 1. The summed E-state index contributed by atoms with van der Waals surface area (Å²) in [7, 11) is -3.34. The Morgan fingerprint density at radius 2 is 1.88 bits per heavy atom. The van der Waals surface area contributed by atoms with Crippen LogP contribution in [0, 0.1) is 0 Å². The number of alkyl halides is 3. The number of fused-ring (bicyclic) bond motifs is 1. The predicted octanol–water partition coefficient (Wildman–Crippen LogP) is 4.59. The minimum Gasteiger partial charge on any atom is -0.316 e. The maximum atomic E-state index is 13.4. The third-order valence-electron chi connectivity index (χ3n) is 5.29. The number of amides is 1. The monoisotopic (exact) mass is 502 g/mol. The van der Waals surface area contributed by atoms with Gasteiger partial charge in [0.05, 0.1) is 28.1 Å². The highest BCUT2D eigenvalue weighted by molar-refractivity contribution is 8.16. The van der Waals surface area contributed by atoms with Gasteiger partial charge in [-0.3, -0.25) is 4.79 Å². The molecule has 2 saturated heterocycles. The zero-order valence-corrected chi connectivity index (χ0v) is 18.9. The van der Waals surface area contributed by atoms with E-state index in [9.17, 15) is 26.4 Å². The second-order valence-corrected chi connectivity index (χ2v) is 11.4. The van der Waals surface area contributed by atoms with E-state index in [0.717, 1.165) is 29.5 Å². The predicted molar refractivity (Wildman–Crippen MR) is 120 cm³/mol. The number of carbonyl (C=O) groups is 1. The van der Waals surface area contributed by atoms with Gasteiger partial charge >= 0.3 is 6.18 Å². The van der Waals surface area contributed by atoms with Gasteiger partial charge in [-0.25, -0.2) is 8.42 Å². The van der Waals surface area contributed by atoms with Crippen molar-refractivity contribution in [2.45, 2.75) is 30.3 Å². The number of rotatable bonds is 4. The van der Waals surface area contributed by atoms with Gasteiger partial charge in [0.15, 0.2) is 15.0 Å². The van der Waals surface area contributed by atoms with Crippen LogP contribution < -0.4 is 4.90 Å². The lowest BCUT2D eigenvalue weighted by atomic mass is 10.1. The summed E-state index contributed by atoms with van der Waals surface area (Å²) in [6, 6.07) is 12.1. The fraction of sp³-hybridized carbons (Fsp3) is 0.333. The second-order valence-electron chi connectivity index (χ2n) is 7.61. The fourth-order valence-corrected chi connectivity index (χ4v) is 7.96. The van der Waals surface area contributed by atoms with E-state index in [1.807, 2.05) is 30.3 Å². The van der Waals surface area contributed by atoms with Gasteiger partial charge in [0, 0.05) is 17.4 Å². The number of aliphatic imine (C=N–C) groups is 1. The molecule has 0 radical (unpaired) electrons. The average molecular weight is 503 g/mol. The zero-order valence-electron chi connectivity index (χ0n) is 16.5. The van der Waals surface area contributed by atoms with Crippen molar-refractivity contribution in [2.75, 3.05) is 16.4 Å². The molecule has 0 bridgehead atoms. The number of carbonyl (C=O) groups excluding carboxylic acids is 1. The fourth-order valence-electron chi connectivity index (χ4n) is 3.81. The molecule has 0 N–H and O–H groups in total. The number of aryl methyl sites for hydroxylation is 1. The number of sulfone groups is 1. The van der Waals surface area contributed by atoms with Crippen LogP contribution in [0.25, 0.3) is 0 Å². The molecule has 32 heavy (non-hydrogen) atoms. The molecule has 1 amide bonds. The molecule has 2 aromatic carbocycles. The number of amidine groups is 1. The largest absolute Gasteiger partial charge is 0.417 e. The van der Waals surface area contributed by atoms with Gasteiger partial charge in [-0.2, -0.15) is 18.2 Å². The summed E-state index contributed by atoms with van der Waals surface area (Å²) in [5.74, 6) is -0.754. The normalized spacial score (nSPS) is 23.5. The van der Waals surface area contributed by atoms with Crippen LogP contribution in [-0.4, -0.2) is 42.3 Å². The molecule has 5 nitrogen and oxygen atoms in total. The minimum atomic E-state index is -4.68. The van der Waals surface area contributed by atoms with Crippen LogP contribution in [0.1, 0.15) is 17.5 Å². The van der Waals surface area contributed by atoms with Crippen molar-refractivity contribution in [3.63, 3.8) is 0 Å². The Kier molecular flexibility index (Phi) is 6.30. The summed E-state index contributed by atoms with van der Waals surface area (Å²) >= 11 is 6.86. The number of hydrogen-bond acceptors (Lipinski definition) is 4. The van der Waals surface area contributed by atoms with Gasteiger partial charge in [-0.05, 0) is 30.2 Å². The van der Waals surface area contributed by atoms with Crippen molar-refractivity contribution in [1.29, 1.82) is 0 Å².